The van der Waals surface area contributed by atoms with Gasteiger partial charge in [-0.05, 0) is 30.3 Å². The first kappa shape index (κ1) is 17.1. The van der Waals surface area contributed by atoms with Crippen LogP contribution in [0.5, 0.6) is 5.75 Å². The Morgan fingerprint density at radius 2 is 1.96 bits per heavy atom. The van der Waals surface area contributed by atoms with Crippen LogP contribution in [0.2, 0.25) is 0 Å². The van der Waals surface area contributed by atoms with Crippen molar-refractivity contribution in [2.24, 2.45) is 0 Å². The summed E-state index contributed by atoms with van der Waals surface area (Å²) < 4.78 is 14.8. The average Bonchev–Trinajstić information content (AvgIpc) is 3.07. The lowest BCUT2D eigenvalue weighted by molar-refractivity contribution is -0.119. The van der Waals surface area contributed by atoms with Crippen LogP contribution in [-0.4, -0.2) is 31.5 Å². The first-order valence-corrected chi connectivity index (χ1v) is 6.95. The van der Waals surface area contributed by atoms with Crippen LogP contribution in [-0.2, 0) is 14.3 Å². The first-order chi connectivity index (χ1) is 11.5. The molecular weight excluding hydrogens is 316 g/mol. The molecule has 0 aliphatic heterocycles. The lowest BCUT2D eigenvalue weighted by atomic mass is 10.2. The Balaban J connectivity index is 1.99. The maximum atomic E-state index is 11.9. The number of methoxy groups -OCH3 is 1. The zero-order valence-electron chi connectivity index (χ0n) is 13.1. The number of ether oxygens (including phenoxy) is 2. The van der Waals surface area contributed by atoms with Crippen molar-refractivity contribution in [1.82, 2.24) is 0 Å². The SMILES string of the molecule is COc1ccc(NC(C)=O)cc1NC(=O)COC(=O)c1ccco1. The van der Waals surface area contributed by atoms with Crippen LogP contribution < -0.4 is 15.4 Å². The first-order valence-electron chi connectivity index (χ1n) is 6.95. The number of hydrogen-bond donors (Lipinski definition) is 2. The molecule has 0 atom stereocenters. The Kier molecular flexibility index (Phi) is 5.56. The number of furan rings is 1. The number of amides is 2. The molecule has 1 aromatic carbocycles. The van der Waals surface area contributed by atoms with E-state index < -0.39 is 18.5 Å². The van der Waals surface area contributed by atoms with Gasteiger partial charge < -0.3 is 24.5 Å². The van der Waals surface area contributed by atoms with E-state index in [-0.39, 0.29) is 11.7 Å². The molecule has 0 saturated carbocycles. The van der Waals surface area contributed by atoms with Gasteiger partial charge in [0.05, 0.1) is 19.1 Å². The third-order valence-corrected chi connectivity index (χ3v) is 2.85. The summed E-state index contributed by atoms with van der Waals surface area (Å²) in [5, 5.41) is 5.15. The third-order valence-electron chi connectivity index (χ3n) is 2.85. The smallest absolute Gasteiger partial charge is 0.374 e. The fourth-order valence-corrected chi connectivity index (χ4v) is 1.87. The van der Waals surface area contributed by atoms with Gasteiger partial charge in [0.25, 0.3) is 5.91 Å². The summed E-state index contributed by atoms with van der Waals surface area (Å²) in [6, 6.07) is 7.73. The summed E-state index contributed by atoms with van der Waals surface area (Å²) >= 11 is 0. The second-order valence-electron chi connectivity index (χ2n) is 4.70. The summed E-state index contributed by atoms with van der Waals surface area (Å²) in [5.74, 6) is -1.14. The van der Waals surface area contributed by atoms with Gasteiger partial charge in [0, 0.05) is 12.6 Å². The van der Waals surface area contributed by atoms with E-state index in [9.17, 15) is 14.4 Å². The minimum absolute atomic E-state index is 0.00744. The van der Waals surface area contributed by atoms with Crippen molar-refractivity contribution in [2.75, 3.05) is 24.4 Å². The van der Waals surface area contributed by atoms with Crippen molar-refractivity contribution in [3.05, 3.63) is 42.4 Å². The summed E-state index contributed by atoms with van der Waals surface area (Å²) in [4.78, 5) is 34.6. The van der Waals surface area contributed by atoms with Gasteiger partial charge in [0.1, 0.15) is 5.75 Å². The fraction of sp³-hybridized carbons (Fsp3) is 0.188. The van der Waals surface area contributed by atoms with E-state index in [2.05, 4.69) is 10.6 Å². The van der Waals surface area contributed by atoms with Gasteiger partial charge >= 0.3 is 5.97 Å². The highest BCUT2D eigenvalue weighted by atomic mass is 16.5. The van der Waals surface area contributed by atoms with Gasteiger partial charge in [-0.1, -0.05) is 0 Å². The molecular formula is C16H16N2O6. The minimum Gasteiger partial charge on any atom is -0.495 e. The predicted octanol–water partition coefficient (Wildman–Crippen LogP) is 2.04. The van der Waals surface area contributed by atoms with Crippen molar-refractivity contribution in [1.29, 1.82) is 0 Å². The van der Waals surface area contributed by atoms with Crippen molar-refractivity contribution < 1.29 is 28.3 Å². The Morgan fingerprint density at radius 3 is 2.58 bits per heavy atom. The zero-order valence-corrected chi connectivity index (χ0v) is 13.1. The van der Waals surface area contributed by atoms with E-state index >= 15 is 0 Å². The van der Waals surface area contributed by atoms with Crippen molar-refractivity contribution >= 4 is 29.2 Å². The quantitative estimate of drug-likeness (QED) is 0.784. The van der Waals surface area contributed by atoms with Crippen LogP contribution in [0.1, 0.15) is 17.5 Å². The molecule has 1 aromatic heterocycles. The topological polar surface area (TPSA) is 107 Å². The molecule has 0 aliphatic carbocycles. The van der Waals surface area contributed by atoms with Gasteiger partial charge in [-0.25, -0.2) is 4.79 Å². The molecule has 8 nitrogen and oxygen atoms in total. The zero-order chi connectivity index (χ0) is 17.5. The van der Waals surface area contributed by atoms with Crippen LogP contribution in [0.4, 0.5) is 11.4 Å². The normalized spacial score (nSPS) is 9.92. The average molecular weight is 332 g/mol. The van der Waals surface area contributed by atoms with Crippen molar-refractivity contribution in [3.8, 4) is 5.75 Å². The minimum atomic E-state index is -0.742. The van der Waals surface area contributed by atoms with E-state index in [1.807, 2.05) is 0 Å². The summed E-state index contributed by atoms with van der Waals surface area (Å²) in [6.07, 6.45) is 1.33. The summed E-state index contributed by atoms with van der Waals surface area (Å²) in [6.45, 7) is 0.879. The third kappa shape index (κ3) is 4.60. The van der Waals surface area contributed by atoms with Gasteiger partial charge in [-0.2, -0.15) is 0 Å². The molecule has 2 aromatic rings. The number of carbonyl (C=O) groups is 3. The lowest BCUT2D eigenvalue weighted by Gasteiger charge is -2.12. The number of carbonyl (C=O) groups excluding carboxylic acids is 3. The van der Waals surface area contributed by atoms with E-state index in [1.54, 1.807) is 12.1 Å². The molecule has 24 heavy (non-hydrogen) atoms. The highest BCUT2D eigenvalue weighted by Crippen LogP contribution is 2.27. The highest BCUT2D eigenvalue weighted by molar-refractivity contribution is 5.97. The number of rotatable bonds is 6. The monoisotopic (exact) mass is 332 g/mol. The predicted molar refractivity (Wildman–Crippen MR) is 84.9 cm³/mol. The molecule has 0 bridgehead atoms. The molecule has 2 N–H and O–H groups in total. The van der Waals surface area contributed by atoms with Gasteiger partial charge in [-0.15, -0.1) is 0 Å². The van der Waals surface area contributed by atoms with Gasteiger partial charge in [0.2, 0.25) is 11.7 Å². The largest absolute Gasteiger partial charge is 0.495 e. The number of esters is 1. The second-order valence-corrected chi connectivity index (χ2v) is 4.70. The highest BCUT2D eigenvalue weighted by Gasteiger charge is 2.14. The molecule has 0 fully saturated rings. The number of hydrogen-bond acceptors (Lipinski definition) is 6. The van der Waals surface area contributed by atoms with Crippen LogP contribution in [0.25, 0.3) is 0 Å². The Labute approximate surface area is 137 Å². The molecule has 0 saturated heterocycles. The maximum absolute atomic E-state index is 11.9. The number of anilines is 2. The lowest BCUT2D eigenvalue weighted by Crippen LogP contribution is -2.21. The number of nitrogens with one attached hydrogen (secondary N) is 2. The Hall–Kier alpha value is -3.29. The second kappa shape index (κ2) is 7.82. The molecule has 0 unspecified atom stereocenters. The van der Waals surface area contributed by atoms with Crippen LogP contribution >= 0.6 is 0 Å². The van der Waals surface area contributed by atoms with Gasteiger partial charge in [-0.3, -0.25) is 9.59 Å². The van der Waals surface area contributed by atoms with Crippen molar-refractivity contribution in [3.63, 3.8) is 0 Å². The van der Waals surface area contributed by atoms with Crippen LogP contribution in [0.3, 0.4) is 0 Å². The molecule has 1 heterocycles. The molecule has 0 aliphatic rings. The molecule has 8 heteroatoms. The maximum Gasteiger partial charge on any atom is 0.374 e. The standard InChI is InChI=1S/C16H16N2O6/c1-10(19)17-11-5-6-13(22-2)12(8-11)18-15(20)9-24-16(21)14-4-3-7-23-14/h3-8H,9H2,1-2H3,(H,17,19)(H,18,20). The van der Waals surface area contributed by atoms with E-state index in [0.29, 0.717) is 17.1 Å². The molecule has 2 amide bonds. The molecule has 0 radical (unpaired) electrons. The van der Waals surface area contributed by atoms with E-state index in [0.717, 1.165) is 0 Å². The Morgan fingerprint density at radius 1 is 1.17 bits per heavy atom. The van der Waals surface area contributed by atoms with Crippen LogP contribution in [0.15, 0.2) is 41.0 Å². The van der Waals surface area contributed by atoms with E-state index in [4.69, 9.17) is 13.9 Å². The molecule has 0 spiro atoms. The van der Waals surface area contributed by atoms with Crippen molar-refractivity contribution in [2.45, 2.75) is 6.92 Å². The summed E-state index contributed by atoms with van der Waals surface area (Å²) in [7, 11) is 1.44. The molecule has 126 valence electrons. The van der Waals surface area contributed by atoms with Crippen LogP contribution in [0, 0.1) is 0 Å². The van der Waals surface area contributed by atoms with Gasteiger partial charge in [0.15, 0.2) is 6.61 Å². The fourth-order valence-electron chi connectivity index (χ4n) is 1.87. The molecule has 2 rings (SSSR count). The summed E-state index contributed by atoms with van der Waals surface area (Å²) in [5.41, 5.74) is 0.828. The Bertz CT molecular complexity index is 739. The number of benzene rings is 1. The van der Waals surface area contributed by atoms with E-state index in [1.165, 1.54) is 38.5 Å².